The summed E-state index contributed by atoms with van der Waals surface area (Å²) in [6, 6.07) is 3.45. The highest BCUT2D eigenvalue weighted by atomic mass is 32.2. The third kappa shape index (κ3) is 3.95. The predicted octanol–water partition coefficient (Wildman–Crippen LogP) is -0.00570. The molecule has 96 valence electrons. The average molecular weight is 263 g/mol. The van der Waals surface area contributed by atoms with Crippen LogP contribution >= 0.6 is 0 Å². The number of rotatable bonds is 5. The molecule has 1 atom stereocenters. The Morgan fingerprint density at radius 2 is 2.12 bits per heavy atom. The Balaban J connectivity index is 2.84. The number of benzene rings is 1. The molecule has 3 N–H and O–H groups in total. The van der Waals surface area contributed by atoms with Gasteiger partial charge < -0.3 is 15.5 Å². The lowest BCUT2D eigenvalue weighted by molar-refractivity contribution is 0.105. The Labute approximate surface area is 98.8 Å². The fraction of sp³-hybridized carbons (Fsp3) is 0.400. The Morgan fingerprint density at radius 3 is 2.59 bits per heavy atom. The minimum Gasteiger partial charge on any atom is -0.394 e. The maximum absolute atomic E-state index is 13.5. The molecule has 1 aromatic rings. The standard InChI is InChI=1S/C10H14FNO4S/c1-17(15,16)8-2-3-10(9(11)4-8)12-5-7(14)6-13/h2-4,7,12-14H,5-6H2,1H3. The van der Waals surface area contributed by atoms with Gasteiger partial charge in [-0.1, -0.05) is 0 Å². The van der Waals surface area contributed by atoms with Crippen molar-refractivity contribution in [1.82, 2.24) is 0 Å². The van der Waals surface area contributed by atoms with Crippen LogP contribution in [0.1, 0.15) is 0 Å². The molecule has 0 spiro atoms. The number of hydrogen-bond acceptors (Lipinski definition) is 5. The average Bonchev–Trinajstić information content (AvgIpc) is 2.25. The predicted molar refractivity (Wildman–Crippen MR) is 61.1 cm³/mol. The fourth-order valence-corrected chi connectivity index (χ4v) is 1.79. The molecule has 17 heavy (non-hydrogen) atoms. The summed E-state index contributed by atoms with van der Waals surface area (Å²) < 4.78 is 35.8. The van der Waals surface area contributed by atoms with Crippen molar-refractivity contribution in [2.75, 3.05) is 24.7 Å². The molecule has 0 saturated heterocycles. The van der Waals surface area contributed by atoms with E-state index in [1.807, 2.05) is 0 Å². The zero-order valence-corrected chi connectivity index (χ0v) is 10.0. The van der Waals surface area contributed by atoms with Crippen LogP contribution in [-0.2, 0) is 9.84 Å². The van der Waals surface area contributed by atoms with Gasteiger partial charge in [-0.15, -0.1) is 0 Å². The van der Waals surface area contributed by atoms with Crippen LogP contribution < -0.4 is 5.32 Å². The smallest absolute Gasteiger partial charge is 0.175 e. The van der Waals surface area contributed by atoms with Gasteiger partial charge in [0, 0.05) is 12.8 Å². The molecule has 1 aromatic carbocycles. The summed E-state index contributed by atoms with van der Waals surface area (Å²) >= 11 is 0. The fourth-order valence-electron chi connectivity index (χ4n) is 1.16. The molecule has 0 aliphatic rings. The lowest BCUT2D eigenvalue weighted by Gasteiger charge is -2.11. The van der Waals surface area contributed by atoms with Crippen LogP contribution in [0.5, 0.6) is 0 Å². The van der Waals surface area contributed by atoms with Crippen molar-refractivity contribution in [2.24, 2.45) is 0 Å². The molecule has 0 saturated carbocycles. The summed E-state index contributed by atoms with van der Waals surface area (Å²) in [4.78, 5) is -0.108. The Bertz CT molecular complexity index is 489. The van der Waals surface area contributed by atoms with Gasteiger partial charge >= 0.3 is 0 Å². The Hall–Kier alpha value is -1.18. The first-order valence-electron chi connectivity index (χ1n) is 4.87. The van der Waals surface area contributed by atoms with Crippen molar-refractivity contribution >= 4 is 15.5 Å². The van der Waals surface area contributed by atoms with Crippen molar-refractivity contribution in [3.8, 4) is 0 Å². The molecule has 5 nitrogen and oxygen atoms in total. The summed E-state index contributed by atoms with van der Waals surface area (Å²) in [7, 11) is -3.44. The molecule has 0 radical (unpaired) electrons. The van der Waals surface area contributed by atoms with Crippen molar-refractivity contribution in [3.63, 3.8) is 0 Å². The van der Waals surface area contributed by atoms with Gasteiger partial charge in [-0.2, -0.15) is 0 Å². The van der Waals surface area contributed by atoms with Crippen molar-refractivity contribution in [2.45, 2.75) is 11.0 Å². The van der Waals surface area contributed by atoms with Gasteiger partial charge in [-0.25, -0.2) is 12.8 Å². The summed E-state index contributed by atoms with van der Waals surface area (Å²) in [5.74, 6) is -0.724. The second-order valence-electron chi connectivity index (χ2n) is 3.63. The molecule has 0 heterocycles. The van der Waals surface area contributed by atoms with Crippen LogP contribution in [0.4, 0.5) is 10.1 Å². The zero-order valence-electron chi connectivity index (χ0n) is 9.22. The van der Waals surface area contributed by atoms with Crippen LogP contribution in [0, 0.1) is 5.82 Å². The SMILES string of the molecule is CS(=O)(=O)c1ccc(NCC(O)CO)c(F)c1. The van der Waals surface area contributed by atoms with E-state index >= 15 is 0 Å². The number of aliphatic hydroxyl groups is 2. The summed E-state index contributed by atoms with van der Waals surface area (Å²) in [5, 5.41) is 20.2. The van der Waals surface area contributed by atoms with Gasteiger partial charge in [-0.3, -0.25) is 0 Å². The highest BCUT2D eigenvalue weighted by molar-refractivity contribution is 7.90. The van der Waals surface area contributed by atoms with Gasteiger partial charge in [0.25, 0.3) is 0 Å². The second-order valence-corrected chi connectivity index (χ2v) is 5.65. The largest absolute Gasteiger partial charge is 0.394 e. The van der Waals surface area contributed by atoms with E-state index in [0.717, 1.165) is 12.3 Å². The molecular formula is C10H14FNO4S. The van der Waals surface area contributed by atoms with Crippen molar-refractivity contribution in [1.29, 1.82) is 0 Å². The monoisotopic (exact) mass is 263 g/mol. The van der Waals surface area contributed by atoms with Crippen LogP contribution in [0.2, 0.25) is 0 Å². The van der Waals surface area contributed by atoms with E-state index in [9.17, 15) is 12.8 Å². The topological polar surface area (TPSA) is 86.6 Å². The minimum atomic E-state index is -3.44. The van der Waals surface area contributed by atoms with Crippen LogP contribution in [-0.4, -0.2) is 44.1 Å². The first-order valence-corrected chi connectivity index (χ1v) is 6.76. The molecule has 0 bridgehead atoms. The normalized spacial score (nSPS) is 13.4. The molecule has 0 aromatic heterocycles. The van der Waals surface area contributed by atoms with E-state index in [1.165, 1.54) is 12.1 Å². The quantitative estimate of drug-likeness (QED) is 0.696. The van der Waals surface area contributed by atoms with E-state index in [1.54, 1.807) is 0 Å². The van der Waals surface area contributed by atoms with E-state index in [4.69, 9.17) is 10.2 Å². The highest BCUT2D eigenvalue weighted by Gasteiger charge is 2.11. The molecule has 7 heteroatoms. The van der Waals surface area contributed by atoms with Gasteiger partial charge in [0.15, 0.2) is 9.84 Å². The third-order valence-electron chi connectivity index (χ3n) is 2.11. The number of nitrogens with one attached hydrogen (secondary N) is 1. The lowest BCUT2D eigenvalue weighted by Crippen LogP contribution is -2.23. The van der Waals surface area contributed by atoms with E-state index in [-0.39, 0.29) is 17.1 Å². The second kappa shape index (κ2) is 5.44. The number of aliphatic hydroxyl groups excluding tert-OH is 2. The molecule has 1 rings (SSSR count). The van der Waals surface area contributed by atoms with E-state index in [2.05, 4.69) is 5.32 Å². The molecular weight excluding hydrogens is 249 g/mol. The van der Waals surface area contributed by atoms with Crippen molar-refractivity contribution < 1.29 is 23.0 Å². The number of anilines is 1. The van der Waals surface area contributed by atoms with E-state index < -0.39 is 28.4 Å². The first-order chi connectivity index (χ1) is 7.84. The van der Waals surface area contributed by atoms with Gasteiger partial charge in [-0.05, 0) is 18.2 Å². The van der Waals surface area contributed by atoms with Gasteiger partial charge in [0.05, 0.1) is 23.3 Å². The molecule has 0 aliphatic carbocycles. The Kier molecular flexibility index (Phi) is 4.44. The lowest BCUT2D eigenvalue weighted by atomic mass is 10.3. The molecule has 0 fully saturated rings. The number of hydrogen-bond donors (Lipinski definition) is 3. The van der Waals surface area contributed by atoms with E-state index in [0.29, 0.717) is 0 Å². The Morgan fingerprint density at radius 1 is 1.47 bits per heavy atom. The third-order valence-corrected chi connectivity index (χ3v) is 3.22. The molecule has 0 amide bonds. The summed E-state index contributed by atoms with van der Waals surface area (Å²) in [5.41, 5.74) is 0.0740. The maximum Gasteiger partial charge on any atom is 0.175 e. The molecule has 1 unspecified atom stereocenters. The zero-order chi connectivity index (χ0) is 13.1. The summed E-state index contributed by atoms with van der Waals surface area (Å²) in [6.07, 6.45) is -0.00584. The number of halogens is 1. The maximum atomic E-state index is 13.5. The van der Waals surface area contributed by atoms with Crippen molar-refractivity contribution in [3.05, 3.63) is 24.0 Å². The molecule has 0 aliphatic heterocycles. The van der Waals surface area contributed by atoms with Crippen LogP contribution in [0.15, 0.2) is 23.1 Å². The van der Waals surface area contributed by atoms with Gasteiger partial charge in [0.2, 0.25) is 0 Å². The minimum absolute atomic E-state index is 0.0222. The highest BCUT2D eigenvalue weighted by Crippen LogP contribution is 2.18. The first kappa shape index (κ1) is 13.9. The van der Waals surface area contributed by atoms with Gasteiger partial charge in [0.1, 0.15) is 5.82 Å². The van der Waals surface area contributed by atoms with Crippen LogP contribution in [0.3, 0.4) is 0 Å². The summed E-state index contributed by atoms with van der Waals surface area (Å²) in [6.45, 7) is -0.457. The number of sulfone groups is 1. The van der Waals surface area contributed by atoms with Crippen LogP contribution in [0.25, 0.3) is 0 Å².